The topological polar surface area (TPSA) is 39.1 Å². The van der Waals surface area contributed by atoms with Crippen molar-refractivity contribution in [2.45, 2.75) is 59.0 Å². The number of hydrogen-bond donors (Lipinski definition) is 1. The number of nitrogens with zero attached hydrogens (tertiary/aromatic N) is 2. The minimum atomic E-state index is 0.520. The molecular formula is C16H28BrN3O. The summed E-state index contributed by atoms with van der Waals surface area (Å²) in [5.74, 6) is 0.706. The fourth-order valence-corrected chi connectivity index (χ4v) is 3.57. The molecule has 4 nitrogen and oxygen atoms in total. The second-order valence-corrected chi connectivity index (χ2v) is 6.67. The molecule has 1 aromatic heterocycles. The van der Waals surface area contributed by atoms with E-state index in [2.05, 4.69) is 51.8 Å². The summed E-state index contributed by atoms with van der Waals surface area (Å²) in [6.07, 6.45) is 4.55. The number of nitrogens with one attached hydrogen (secondary N) is 1. The Labute approximate surface area is 136 Å². The second kappa shape index (κ2) is 8.30. The van der Waals surface area contributed by atoms with E-state index in [4.69, 9.17) is 4.74 Å². The van der Waals surface area contributed by atoms with Crippen molar-refractivity contribution in [1.29, 1.82) is 0 Å². The first-order valence-corrected chi connectivity index (χ1v) is 8.99. The van der Waals surface area contributed by atoms with Gasteiger partial charge < -0.3 is 10.1 Å². The molecule has 2 heterocycles. The lowest BCUT2D eigenvalue weighted by molar-refractivity contribution is 0.0535. The summed E-state index contributed by atoms with van der Waals surface area (Å²) in [7, 11) is 0. The van der Waals surface area contributed by atoms with Crippen LogP contribution in [0.5, 0.6) is 0 Å². The van der Waals surface area contributed by atoms with Crippen molar-refractivity contribution in [3.63, 3.8) is 0 Å². The molecule has 1 saturated heterocycles. The highest BCUT2D eigenvalue weighted by molar-refractivity contribution is 9.10. The summed E-state index contributed by atoms with van der Waals surface area (Å²) in [6, 6.07) is 0.520. The molecule has 120 valence electrons. The summed E-state index contributed by atoms with van der Waals surface area (Å²) in [4.78, 5) is 0. The predicted molar refractivity (Wildman–Crippen MR) is 89.7 cm³/mol. The van der Waals surface area contributed by atoms with Gasteiger partial charge in [0.15, 0.2) is 0 Å². The van der Waals surface area contributed by atoms with Crippen LogP contribution in [0.25, 0.3) is 0 Å². The van der Waals surface area contributed by atoms with Gasteiger partial charge in [-0.2, -0.15) is 5.10 Å². The van der Waals surface area contributed by atoms with Gasteiger partial charge in [-0.25, -0.2) is 0 Å². The first kappa shape index (κ1) is 17.0. The van der Waals surface area contributed by atoms with Crippen LogP contribution in [0.15, 0.2) is 4.47 Å². The van der Waals surface area contributed by atoms with Crippen LogP contribution in [-0.2, 0) is 17.7 Å². The Hall–Kier alpha value is -0.390. The zero-order valence-electron chi connectivity index (χ0n) is 13.5. The number of hydrogen-bond acceptors (Lipinski definition) is 3. The number of aryl methyl sites for hydroxylation is 2. The summed E-state index contributed by atoms with van der Waals surface area (Å²) >= 11 is 3.73. The summed E-state index contributed by atoms with van der Waals surface area (Å²) in [6.45, 7) is 10.3. The maximum absolute atomic E-state index is 5.52. The first-order valence-electron chi connectivity index (χ1n) is 8.20. The molecule has 21 heavy (non-hydrogen) atoms. The first-order chi connectivity index (χ1) is 10.2. The van der Waals surface area contributed by atoms with Gasteiger partial charge in [-0.15, -0.1) is 0 Å². The van der Waals surface area contributed by atoms with Crippen molar-refractivity contribution in [1.82, 2.24) is 15.1 Å². The Morgan fingerprint density at radius 1 is 1.38 bits per heavy atom. The van der Waals surface area contributed by atoms with Crippen LogP contribution in [0.1, 0.15) is 44.5 Å². The van der Waals surface area contributed by atoms with E-state index >= 15 is 0 Å². The zero-order chi connectivity index (χ0) is 15.2. The summed E-state index contributed by atoms with van der Waals surface area (Å²) in [5, 5.41) is 8.38. The van der Waals surface area contributed by atoms with Crippen molar-refractivity contribution in [2.24, 2.45) is 5.92 Å². The van der Waals surface area contributed by atoms with Gasteiger partial charge in [0, 0.05) is 32.2 Å². The minimum Gasteiger partial charge on any atom is -0.381 e. The van der Waals surface area contributed by atoms with E-state index in [1.807, 2.05) is 0 Å². The smallest absolute Gasteiger partial charge is 0.0738 e. The quantitative estimate of drug-likeness (QED) is 0.813. The molecule has 1 N–H and O–H groups in total. The Kier molecular flexibility index (Phi) is 6.71. The molecule has 5 heteroatoms. The zero-order valence-corrected chi connectivity index (χ0v) is 15.1. The molecule has 2 rings (SSSR count). The van der Waals surface area contributed by atoms with Crippen molar-refractivity contribution < 1.29 is 4.74 Å². The third kappa shape index (κ3) is 4.30. The Bertz CT molecular complexity index is 441. The number of halogens is 1. The molecule has 1 unspecified atom stereocenters. The van der Waals surface area contributed by atoms with Crippen molar-refractivity contribution in [3.8, 4) is 0 Å². The van der Waals surface area contributed by atoms with Crippen LogP contribution in [-0.4, -0.2) is 35.6 Å². The van der Waals surface area contributed by atoms with Crippen LogP contribution in [0, 0.1) is 12.8 Å². The van der Waals surface area contributed by atoms with Crippen molar-refractivity contribution >= 4 is 15.9 Å². The standard InChI is InChI=1S/C16H28BrN3O/c1-4-8-18-14(13-6-9-21-10-7-13)11-15-16(17)12(3)19-20(15)5-2/h13-14,18H,4-11H2,1-3H3. The van der Waals surface area contributed by atoms with Crippen LogP contribution < -0.4 is 5.32 Å². The second-order valence-electron chi connectivity index (χ2n) is 5.88. The highest BCUT2D eigenvalue weighted by atomic mass is 79.9. The van der Waals surface area contributed by atoms with Gasteiger partial charge in [-0.05, 0) is 61.5 Å². The normalized spacial score (nSPS) is 18.1. The van der Waals surface area contributed by atoms with E-state index in [0.717, 1.165) is 51.3 Å². The van der Waals surface area contributed by atoms with Crippen LogP contribution in [0.2, 0.25) is 0 Å². The van der Waals surface area contributed by atoms with E-state index in [-0.39, 0.29) is 0 Å². The van der Waals surface area contributed by atoms with E-state index in [1.54, 1.807) is 0 Å². The molecule has 1 aliphatic heterocycles. The van der Waals surface area contributed by atoms with Gasteiger partial charge in [0.25, 0.3) is 0 Å². The average Bonchev–Trinajstić information content (AvgIpc) is 2.79. The van der Waals surface area contributed by atoms with Gasteiger partial charge in [0.2, 0.25) is 0 Å². The van der Waals surface area contributed by atoms with Crippen LogP contribution in [0.4, 0.5) is 0 Å². The largest absolute Gasteiger partial charge is 0.381 e. The molecule has 0 saturated carbocycles. The fraction of sp³-hybridized carbons (Fsp3) is 0.812. The predicted octanol–water partition coefficient (Wildman–Crippen LogP) is 3.31. The molecule has 0 spiro atoms. The van der Waals surface area contributed by atoms with E-state index in [1.165, 1.54) is 16.6 Å². The molecule has 0 aliphatic carbocycles. The molecule has 1 atom stereocenters. The SMILES string of the molecule is CCCNC(Cc1c(Br)c(C)nn1CC)C1CCOCC1. The lowest BCUT2D eigenvalue weighted by atomic mass is 9.88. The van der Waals surface area contributed by atoms with Gasteiger partial charge >= 0.3 is 0 Å². The molecular weight excluding hydrogens is 330 g/mol. The Morgan fingerprint density at radius 2 is 2.10 bits per heavy atom. The molecule has 1 aliphatic rings. The highest BCUT2D eigenvalue weighted by Crippen LogP contribution is 2.27. The molecule has 0 radical (unpaired) electrons. The third-order valence-corrected chi connectivity index (χ3v) is 5.39. The van der Waals surface area contributed by atoms with Crippen LogP contribution >= 0.6 is 15.9 Å². The van der Waals surface area contributed by atoms with Gasteiger partial charge in [0.05, 0.1) is 15.9 Å². The van der Waals surface area contributed by atoms with Crippen LogP contribution in [0.3, 0.4) is 0 Å². The lowest BCUT2D eigenvalue weighted by Crippen LogP contribution is -2.41. The maximum Gasteiger partial charge on any atom is 0.0738 e. The molecule has 0 aromatic carbocycles. The summed E-state index contributed by atoms with van der Waals surface area (Å²) < 4.78 is 8.84. The Morgan fingerprint density at radius 3 is 2.71 bits per heavy atom. The van der Waals surface area contributed by atoms with E-state index in [0.29, 0.717) is 12.0 Å². The monoisotopic (exact) mass is 357 g/mol. The van der Waals surface area contributed by atoms with E-state index < -0.39 is 0 Å². The molecule has 0 amide bonds. The van der Waals surface area contributed by atoms with Crippen molar-refractivity contribution in [3.05, 3.63) is 15.9 Å². The lowest BCUT2D eigenvalue weighted by Gasteiger charge is -2.31. The molecule has 1 aromatic rings. The number of aromatic nitrogens is 2. The maximum atomic E-state index is 5.52. The molecule has 0 bridgehead atoms. The molecule has 1 fully saturated rings. The number of ether oxygens (including phenoxy) is 1. The van der Waals surface area contributed by atoms with Gasteiger partial charge in [-0.3, -0.25) is 4.68 Å². The van der Waals surface area contributed by atoms with Crippen molar-refractivity contribution in [2.75, 3.05) is 19.8 Å². The summed E-state index contributed by atoms with van der Waals surface area (Å²) in [5.41, 5.74) is 2.42. The Balaban J connectivity index is 2.13. The fourth-order valence-electron chi connectivity index (χ4n) is 3.13. The average molecular weight is 358 g/mol. The minimum absolute atomic E-state index is 0.520. The third-order valence-electron chi connectivity index (χ3n) is 4.36. The highest BCUT2D eigenvalue weighted by Gasteiger charge is 2.26. The van der Waals surface area contributed by atoms with E-state index in [9.17, 15) is 0 Å². The van der Waals surface area contributed by atoms with Gasteiger partial charge in [-0.1, -0.05) is 6.92 Å². The van der Waals surface area contributed by atoms with Gasteiger partial charge in [0.1, 0.15) is 0 Å². The number of rotatable bonds is 7.